The van der Waals surface area contributed by atoms with Gasteiger partial charge in [-0.05, 0) is 61.0 Å². The Hall–Kier alpha value is -2.47. The molecule has 1 amide bonds. The number of nitrogens with one attached hydrogen (secondary N) is 1. The summed E-state index contributed by atoms with van der Waals surface area (Å²) in [4.78, 5) is 12.2. The van der Waals surface area contributed by atoms with E-state index in [1.807, 2.05) is 6.92 Å². The van der Waals surface area contributed by atoms with Gasteiger partial charge in [-0.3, -0.25) is 4.79 Å². The fourth-order valence-electron chi connectivity index (χ4n) is 2.45. The lowest BCUT2D eigenvalue weighted by molar-refractivity contribution is -0.118. The van der Waals surface area contributed by atoms with E-state index >= 15 is 0 Å². The van der Waals surface area contributed by atoms with Crippen LogP contribution in [0.1, 0.15) is 11.3 Å². The average Bonchev–Trinajstić information content (AvgIpc) is 3.13. The maximum absolute atomic E-state index is 12.2. The quantitative estimate of drug-likeness (QED) is 0.600. The second-order valence-corrected chi connectivity index (χ2v) is 6.68. The number of benzene rings is 2. The van der Waals surface area contributed by atoms with E-state index in [1.165, 1.54) is 0 Å². The van der Waals surface area contributed by atoms with Crippen LogP contribution < -0.4 is 10.1 Å². The molecule has 0 bridgehead atoms. The molecule has 3 aromatic rings. The van der Waals surface area contributed by atoms with Crippen molar-refractivity contribution in [3.63, 3.8) is 0 Å². The van der Waals surface area contributed by atoms with Gasteiger partial charge in [0.1, 0.15) is 23.9 Å². The fourth-order valence-corrected chi connectivity index (χ4v) is 2.78. The van der Waals surface area contributed by atoms with Gasteiger partial charge >= 0.3 is 0 Å². The SMILES string of the molecule is Cc1cc(OCC(=O)Nc2ccc(Cl)c(-c3ccc(CO)o3)c2)ccc1Cl. The maximum Gasteiger partial charge on any atom is 0.262 e. The molecule has 2 aromatic carbocycles. The molecule has 140 valence electrons. The molecule has 0 saturated carbocycles. The molecule has 0 saturated heterocycles. The number of halogens is 2. The smallest absolute Gasteiger partial charge is 0.262 e. The molecular weight excluding hydrogens is 389 g/mol. The Labute approximate surface area is 166 Å². The molecule has 1 aromatic heterocycles. The first kappa shape index (κ1) is 19.3. The van der Waals surface area contributed by atoms with Gasteiger partial charge in [0.25, 0.3) is 5.91 Å². The number of anilines is 1. The van der Waals surface area contributed by atoms with Crippen molar-refractivity contribution in [1.29, 1.82) is 0 Å². The Balaban J connectivity index is 1.67. The Morgan fingerprint density at radius 1 is 1.11 bits per heavy atom. The van der Waals surface area contributed by atoms with E-state index in [0.29, 0.717) is 38.6 Å². The highest BCUT2D eigenvalue weighted by atomic mass is 35.5. The van der Waals surface area contributed by atoms with Gasteiger partial charge in [0.05, 0.1) is 5.02 Å². The van der Waals surface area contributed by atoms with Crippen LogP contribution in [0.25, 0.3) is 11.3 Å². The van der Waals surface area contributed by atoms with Crippen molar-refractivity contribution in [2.45, 2.75) is 13.5 Å². The molecule has 27 heavy (non-hydrogen) atoms. The van der Waals surface area contributed by atoms with E-state index in [1.54, 1.807) is 48.5 Å². The Morgan fingerprint density at radius 2 is 1.89 bits per heavy atom. The van der Waals surface area contributed by atoms with Gasteiger partial charge in [-0.2, -0.15) is 0 Å². The van der Waals surface area contributed by atoms with Crippen LogP contribution in [0.5, 0.6) is 5.75 Å². The first-order valence-corrected chi connectivity index (χ1v) is 8.90. The summed E-state index contributed by atoms with van der Waals surface area (Å²) in [7, 11) is 0. The number of aliphatic hydroxyl groups is 1. The fraction of sp³-hybridized carbons (Fsp3) is 0.150. The number of amides is 1. The zero-order valence-corrected chi connectivity index (χ0v) is 16.0. The first-order chi connectivity index (χ1) is 13.0. The van der Waals surface area contributed by atoms with Crippen LogP contribution in [0.2, 0.25) is 10.0 Å². The van der Waals surface area contributed by atoms with Crippen LogP contribution in [0, 0.1) is 6.92 Å². The Kier molecular flexibility index (Phi) is 6.06. The molecule has 0 aliphatic rings. The number of carbonyl (C=O) groups excluding carboxylic acids is 1. The normalized spacial score (nSPS) is 10.7. The molecule has 2 N–H and O–H groups in total. The highest BCUT2D eigenvalue weighted by Gasteiger charge is 2.11. The Morgan fingerprint density at radius 3 is 2.59 bits per heavy atom. The number of hydrogen-bond donors (Lipinski definition) is 2. The highest BCUT2D eigenvalue weighted by Crippen LogP contribution is 2.32. The van der Waals surface area contributed by atoms with E-state index in [-0.39, 0.29) is 19.1 Å². The lowest BCUT2D eigenvalue weighted by Gasteiger charge is -2.10. The van der Waals surface area contributed by atoms with Crippen LogP contribution in [0.4, 0.5) is 5.69 Å². The molecule has 0 spiro atoms. The van der Waals surface area contributed by atoms with Gasteiger partial charge < -0.3 is 19.6 Å². The lowest BCUT2D eigenvalue weighted by atomic mass is 10.1. The number of furan rings is 1. The van der Waals surface area contributed by atoms with Gasteiger partial charge in [0.15, 0.2) is 6.61 Å². The van der Waals surface area contributed by atoms with Gasteiger partial charge in [-0.25, -0.2) is 0 Å². The van der Waals surface area contributed by atoms with Crippen LogP contribution in [-0.4, -0.2) is 17.6 Å². The second kappa shape index (κ2) is 8.48. The molecule has 0 radical (unpaired) electrons. The monoisotopic (exact) mass is 405 g/mol. The number of hydrogen-bond acceptors (Lipinski definition) is 4. The molecular formula is C20H17Cl2NO4. The number of ether oxygens (including phenoxy) is 1. The summed E-state index contributed by atoms with van der Waals surface area (Å²) in [5, 5.41) is 13.0. The van der Waals surface area contributed by atoms with E-state index in [0.717, 1.165) is 5.56 Å². The standard InChI is InChI=1S/C20H17Cl2NO4/c1-12-8-14(3-6-17(12)21)26-11-20(25)23-13-2-5-18(22)16(9-13)19-7-4-15(10-24)27-19/h2-9,24H,10-11H2,1H3,(H,23,25). The molecule has 0 atom stereocenters. The lowest BCUT2D eigenvalue weighted by Crippen LogP contribution is -2.20. The summed E-state index contributed by atoms with van der Waals surface area (Å²) >= 11 is 12.2. The van der Waals surface area contributed by atoms with Crippen LogP contribution in [0.15, 0.2) is 52.9 Å². The molecule has 0 aliphatic carbocycles. The molecule has 1 heterocycles. The van der Waals surface area contributed by atoms with Crippen LogP contribution >= 0.6 is 23.2 Å². The van der Waals surface area contributed by atoms with Gasteiger partial charge in [0, 0.05) is 16.3 Å². The average molecular weight is 406 g/mol. The number of rotatable bonds is 6. The van der Waals surface area contributed by atoms with Gasteiger partial charge in [0.2, 0.25) is 0 Å². The van der Waals surface area contributed by atoms with Crippen molar-refractivity contribution in [3.8, 4) is 17.1 Å². The minimum Gasteiger partial charge on any atom is -0.484 e. The number of aliphatic hydroxyl groups excluding tert-OH is 1. The third-order valence-corrected chi connectivity index (χ3v) is 4.59. The summed E-state index contributed by atoms with van der Waals surface area (Å²) in [5.41, 5.74) is 2.04. The molecule has 0 fully saturated rings. The van der Waals surface area contributed by atoms with E-state index in [9.17, 15) is 4.79 Å². The van der Waals surface area contributed by atoms with E-state index in [2.05, 4.69) is 5.32 Å². The minimum atomic E-state index is -0.314. The van der Waals surface area contributed by atoms with E-state index in [4.69, 9.17) is 37.5 Å². The van der Waals surface area contributed by atoms with Crippen LogP contribution in [-0.2, 0) is 11.4 Å². The topological polar surface area (TPSA) is 71.7 Å². The number of carbonyl (C=O) groups is 1. The van der Waals surface area contributed by atoms with Crippen molar-refractivity contribution >= 4 is 34.8 Å². The highest BCUT2D eigenvalue weighted by molar-refractivity contribution is 6.33. The molecule has 0 aliphatic heterocycles. The summed E-state index contributed by atoms with van der Waals surface area (Å²) in [6.45, 7) is 1.52. The summed E-state index contributed by atoms with van der Waals surface area (Å²) in [5.74, 6) is 1.19. The molecule has 0 unspecified atom stereocenters. The summed E-state index contributed by atoms with van der Waals surface area (Å²) in [6, 6.07) is 13.6. The largest absolute Gasteiger partial charge is 0.484 e. The number of aryl methyl sites for hydroxylation is 1. The molecule has 7 heteroatoms. The predicted octanol–water partition coefficient (Wildman–Crippen LogP) is 5.07. The van der Waals surface area contributed by atoms with Crippen molar-refractivity contribution in [3.05, 3.63) is 69.9 Å². The Bertz CT molecular complexity index is 968. The van der Waals surface area contributed by atoms with Crippen molar-refractivity contribution in [1.82, 2.24) is 0 Å². The second-order valence-electron chi connectivity index (χ2n) is 5.87. The zero-order chi connectivity index (χ0) is 19.4. The van der Waals surface area contributed by atoms with E-state index < -0.39 is 0 Å². The molecule has 3 rings (SSSR count). The summed E-state index contributed by atoms with van der Waals surface area (Å²) in [6.07, 6.45) is 0. The predicted molar refractivity (Wildman–Crippen MR) is 105 cm³/mol. The van der Waals surface area contributed by atoms with Crippen LogP contribution in [0.3, 0.4) is 0 Å². The summed E-state index contributed by atoms with van der Waals surface area (Å²) < 4.78 is 11.0. The van der Waals surface area contributed by atoms with Gasteiger partial charge in [-0.15, -0.1) is 0 Å². The first-order valence-electron chi connectivity index (χ1n) is 8.14. The molecule has 5 nitrogen and oxygen atoms in total. The van der Waals surface area contributed by atoms with Crippen molar-refractivity contribution in [2.24, 2.45) is 0 Å². The third-order valence-electron chi connectivity index (χ3n) is 3.83. The van der Waals surface area contributed by atoms with Crippen molar-refractivity contribution in [2.75, 3.05) is 11.9 Å². The van der Waals surface area contributed by atoms with Gasteiger partial charge in [-0.1, -0.05) is 23.2 Å². The van der Waals surface area contributed by atoms with Crippen molar-refractivity contribution < 1.29 is 19.1 Å². The zero-order valence-electron chi connectivity index (χ0n) is 14.5. The maximum atomic E-state index is 12.2. The third kappa shape index (κ3) is 4.83. The minimum absolute atomic E-state index is 0.144.